The number of ether oxygens (including phenoxy) is 3. The standard InChI is InChI=1S/C47H47N7O5/c1-4-44(55)58-31-8-6-5-7-30-57-38-24-14-33(15-25-38)47(56)59-39-26-12-32(13-27-39)46-48-42-11-9-10-40-41(28-29-43(49-46)45(40)42)53-52-35-18-16-34(17-19-35)50-51-36-20-22-37(23-21-36)54(2)3/h1,9-29,46,48-53H,5-8,30-31H2,2-3H3/p+1. The normalized spacial score (nSPS) is 12.6. The minimum atomic E-state index is -0.628. The fourth-order valence-corrected chi connectivity index (χ4v) is 6.64. The van der Waals surface area contributed by atoms with Gasteiger partial charge in [0.25, 0.3) is 0 Å². The maximum absolute atomic E-state index is 12.9. The van der Waals surface area contributed by atoms with Crippen molar-refractivity contribution in [1.82, 2.24) is 0 Å². The summed E-state index contributed by atoms with van der Waals surface area (Å²) in [6, 6.07) is 41.3. The van der Waals surface area contributed by atoms with Crippen molar-refractivity contribution in [1.29, 1.82) is 0 Å². The van der Waals surface area contributed by atoms with Crippen LogP contribution in [-0.2, 0) is 9.53 Å². The van der Waals surface area contributed by atoms with Crippen LogP contribution in [0, 0.1) is 12.3 Å². The third kappa shape index (κ3) is 10.5. The van der Waals surface area contributed by atoms with E-state index in [1.807, 2.05) is 74.0 Å². The van der Waals surface area contributed by atoms with Crippen molar-refractivity contribution in [3.63, 3.8) is 0 Å². The zero-order valence-electron chi connectivity index (χ0n) is 33.1. The quantitative estimate of drug-likeness (QED) is 0.00731. The Bertz CT molecular complexity index is 2380. The fourth-order valence-electron chi connectivity index (χ4n) is 6.64. The molecule has 300 valence electrons. The van der Waals surface area contributed by atoms with E-state index in [0.29, 0.717) is 30.3 Å². The van der Waals surface area contributed by atoms with Crippen LogP contribution < -0.4 is 46.7 Å². The number of benzene rings is 6. The molecule has 1 unspecified atom stereocenters. The molecule has 0 saturated heterocycles. The van der Waals surface area contributed by atoms with E-state index in [4.69, 9.17) is 20.6 Å². The monoisotopic (exact) mass is 790 g/mol. The van der Waals surface area contributed by atoms with Gasteiger partial charge in [0.1, 0.15) is 17.7 Å². The molecule has 1 aliphatic heterocycles. The summed E-state index contributed by atoms with van der Waals surface area (Å²) in [7, 11) is 4.05. The molecule has 7 N–H and O–H groups in total. The highest BCUT2D eigenvalue weighted by Crippen LogP contribution is 2.40. The first-order valence-corrected chi connectivity index (χ1v) is 19.6. The van der Waals surface area contributed by atoms with Crippen LogP contribution in [-0.4, -0.2) is 39.2 Å². The highest BCUT2D eigenvalue weighted by Gasteiger charge is 2.23. The molecule has 0 saturated carbocycles. The van der Waals surface area contributed by atoms with Gasteiger partial charge in [0.15, 0.2) is 5.69 Å². The van der Waals surface area contributed by atoms with Crippen molar-refractivity contribution >= 4 is 62.5 Å². The first-order valence-electron chi connectivity index (χ1n) is 19.6. The molecule has 12 heteroatoms. The van der Waals surface area contributed by atoms with E-state index >= 15 is 0 Å². The minimum absolute atomic E-state index is 0.184. The second kappa shape index (κ2) is 19.2. The van der Waals surface area contributed by atoms with Gasteiger partial charge in [0, 0.05) is 53.9 Å². The molecule has 12 nitrogen and oxygen atoms in total. The van der Waals surface area contributed by atoms with Gasteiger partial charge in [-0.05, 0) is 134 Å². The number of terminal acetylenes is 1. The summed E-state index contributed by atoms with van der Waals surface area (Å²) >= 11 is 0. The lowest BCUT2D eigenvalue weighted by Gasteiger charge is -2.30. The maximum Gasteiger partial charge on any atom is 0.384 e. The summed E-state index contributed by atoms with van der Waals surface area (Å²) in [5, 5.41) is 9.51. The van der Waals surface area contributed by atoms with E-state index in [1.165, 1.54) is 0 Å². The van der Waals surface area contributed by atoms with Crippen LogP contribution in [0.4, 0.5) is 39.8 Å². The Labute approximate surface area is 344 Å². The molecule has 1 atom stereocenters. The van der Waals surface area contributed by atoms with Gasteiger partial charge in [-0.25, -0.2) is 20.4 Å². The van der Waals surface area contributed by atoms with E-state index in [1.54, 1.807) is 36.4 Å². The average Bonchev–Trinajstić information content (AvgIpc) is 3.27. The van der Waals surface area contributed by atoms with Gasteiger partial charge in [0.2, 0.25) is 0 Å². The van der Waals surface area contributed by atoms with Crippen molar-refractivity contribution in [3.8, 4) is 23.8 Å². The highest BCUT2D eigenvalue weighted by atomic mass is 16.5. The number of hydrazine groups is 1. The number of nitrogen functional groups attached to an aromatic ring is 1. The van der Waals surface area contributed by atoms with E-state index in [9.17, 15) is 9.59 Å². The predicted molar refractivity (Wildman–Crippen MR) is 235 cm³/mol. The Hall–Kier alpha value is -7.36. The largest absolute Gasteiger partial charge is 0.494 e. The van der Waals surface area contributed by atoms with E-state index in [0.717, 1.165) is 81.8 Å². The Kier molecular flexibility index (Phi) is 13.0. The molecule has 6 aromatic carbocycles. The van der Waals surface area contributed by atoms with Crippen LogP contribution in [0.3, 0.4) is 0 Å². The smallest absolute Gasteiger partial charge is 0.384 e. The number of nitrogens with two attached hydrogens (primary N) is 1. The van der Waals surface area contributed by atoms with Gasteiger partial charge in [-0.15, -0.1) is 6.42 Å². The lowest BCUT2D eigenvalue weighted by Crippen LogP contribution is -2.82. The summed E-state index contributed by atoms with van der Waals surface area (Å²) in [5.74, 6) is 1.98. The van der Waals surface area contributed by atoms with Gasteiger partial charge in [-0.1, -0.05) is 18.2 Å². The Morgan fingerprint density at radius 2 is 1.34 bits per heavy atom. The molecule has 0 aliphatic carbocycles. The van der Waals surface area contributed by atoms with Crippen LogP contribution >= 0.6 is 0 Å². The molecular weight excluding hydrogens is 743 g/mol. The number of hydrogen-bond acceptors (Lipinski definition) is 11. The Morgan fingerprint density at radius 3 is 2.02 bits per heavy atom. The number of hydrogen-bond donors (Lipinski definition) is 6. The molecular formula is C47H48N7O5+. The van der Waals surface area contributed by atoms with E-state index in [2.05, 4.69) is 74.3 Å². The Balaban J connectivity index is 0.874. The van der Waals surface area contributed by atoms with Gasteiger partial charge in [0.05, 0.1) is 35.8 Å². The molecule has 0 radical (unpaired) electrons. The summed E-state index contributed by atoms with van der Waals surface area (Å²) < 4.78 is 16.4. The number of carbonyl (C=O) groups is 2. The van der Waals surface area contributed by atoms with Crippen LogP contribution in [0.5, 0.6) is 11.5 Å². The number of carbonyl (C=O) groups excluding carboxylic acids is 2. The van der Waals surface area contributed by atoms with Crippen molar-refractivity contribution in [2.45, 2.75) is 31.8 Å². The van der Waals surface area contributed by atoms with E-state index in [-0.39, 0.29) is 6.17 Å². The molecule has 0 bridgehead atoms. The van der Waals surface area contributed by atoms with Crippen LogP contribution in [0.1, 0.15) is 47.8 Å². The third-order valence-corrected chi connectivity index (χ3v) is 9.86. The summed E-state index contributed by atoms with van der Waals surface area (Å²) in [6.45, 7) is 0.876. The van der Waals surface area contributed by atoms with Crippen molar-refractivity contribution in [2.24, 2.45) is 0 Å². The fraction of sp³-hybridized carbons (Fsp3) is 0.191. The molecule has 59 heavy (non-hydrogen) atoms. The number of anilines is 6. The predicted octanol–water partition coefficient (Wildman–Crippen LogP) is 8.44. The highest BCUT2D eigenvalue weighted by molar-refractivity contribution is 6.08. The third-order valence-electron chi connectivity index (χ3n) is 9.86. The molecule has 1 heterocycles. The number of quaternary nitrogens is 1. The minimum Gasteiger partial charge on any atom is -0.494 e. The van der Waals surface area contributed by atoms with Crippen molar-refractivity contribution < 1.29 is 29.2 Å². The summed E-state index contributed by atoms with van der Waals surface area (Å²) in [6.07, 6.45) is 8.26. The van der Waals surface area contributed by atoms with Gasteiger partial charge in [-0.3, -0.25) is 0 Å². The molecule has 0 amide bonds. The van der Waals surface area contributed by atoms with E-state index < -0.39 is 11.9 Å². The average molecular weight is 791 g/mol. The topological polar surface area (TPSA) is 142 Å². The first kappa shape index (κ1) is 39.9. The summed E-state index contributed by atoms with van der Waals surface area (Å²) in [5.41, 5.74) is 20.6. The van der Waals surface area contributed by atoms with Crippen LogP contribution in [0.15, 0.2) is 127 Å². The van der Waals surface area contributed by atoms with Crippen LogP contribution in [0.2, 0.25) is 0 Å². The number of unbranched alkanes of at least 4 members (excludes halogenated alkanes) is 3. The van der Waals surface area contributed by atoms with Gasteiger partial charge in [-0.2, -0.15) is 0 Å². The number of nitrogens with zero attached hydrogens (tertiary/aromatic N) is 1. The lowest BCUT2D eigenvalue weighted by atomic mass is 10.0. The molecule has 7 rings (SSSR count). The zero-order valence-corrected chi connectivity index (χ0v) is 33.1. The van der Waals surface area contributed by atoms with Crippen LogP contribution in [0.25, 0.3) is 10.8 Å². The van der Waals surface area contributed by atoms with Crippen molar-refractivity contribution in [2.75, 3.05) is 59.1 Å². The SMILES string of the molecule is C#CC(=O)OCCCCCCOc1ccc(C(=O)Oc2ccc(C3Nc4cccc5c([NH2+]Nc6ccc(NNc7ccc(N(C)C)cc7)cc6)ccc(c45)N3)cc2)cc1. The molecule has 0 spiro atoms. The summed E-state index contributed by atoms with van der Waals surface area (Å²) in [4.78, 5) is 25.9. The second-order valence-electron chi connectivity index (χ2n) is 14.2. The lowest BCUT2D eigenvalue weighted by molar-refractivity contribution is -0.536. The molecule has 1 aliphatic rings. The maximum atomic E-state index is 12.9. The molecule has 0 aromatic heterocycles. The molecule has 6 aromatic rings. The van der Waals surface area contributed by atoms with Gasteiger partial charge < -0.3 is 40.6 Å². The number of esters is 2. The first-order chi connectivity index (χ1) is 28.8. The number of nitrogens with one attached hydrogen (secondary N) is 5. The van der Waals surface area contributed by atoms with Gasteiger partial charge >= 0.3 is 11.9 Å². The molecule has 0 fully saturated rings. The Morgan fingerprint density at radius 1 is 0.712 bits per heavy atom. The second-order valence-corrected chi connectivity index (χ2v) is 14.2. The van der Waals surface area contributed by atoms with Crippen molar-refractivity contribution in [3.05, 3.63) is 139 Å². The number of rotatable bonds is 18. The zero-order chi connectivity index (χ0) is 41.0.